The number of piperidine rings is 1. The van der Waals surface area contributed by atoms with Crippen molar-refractivity contribution in [2.45, 2.75) is 51.0 Å². The highest BCUT2D eigenvalue weighted by Gasteiger charge is 2.13. The van der Waals surface area contributed by atoms with Gasteiger partial charge in [0.25, 0.3) is 0 Å². The third kappa shape index (κ3) is 6.94. The molecule has 98 valence electrons. The summed E-state index contributed by atoms with van der Waals surface area (Å²) in [5, 5.41) is 14.6. The molecule has 5 heteroatoms. The third-order valence-electron chi connectivity index (χ3n) is 3.02. The number of carboxylic acid groups (broad SMARTS) is 1. The lowest BCUT2D eigenvalue weighted by atomic mass is 10.0. The van der Waals surface area contributed by atoms with Crippen LogP contribution in [0, 0.1) is 0 Å². The van der Waals surface area contributed by atoms with Gasteiger partial charge in [0.1, 0.15) is 0 Å². The molecule has 0 radical (unpaired) electrons. The maximum atomic E-state index is 11.4. The van der Waals surface area contributed by atoms with Gasteiger partial charge in [0.05, 0.1) is 0 Å². The molecular formula is C12H22N2O3. The summed E-state index contributed by atoms with van der Waals surface area (Å²) in [6.07, 6.45) is 5.67. The Bertz CT molecular complexity index is 250. The molecule has 1 unspecified atom stereocenters. The summed E-state index contributed by atoms with van der Waals surface area (Å²) in [5.41, 5.74) is 0. The van der Waals surface area contributed by atoms with Gasteiger partial charge >= 0.3 is 5.97 Å². The predicted molar refractivity (Wildman–Crippen MR) is 64.8 cm³/mol. The van der Waals surface area contributed by atoms with Crippen LogP contribution in [0.15, 0.2) is 0 Å². The minimum absolute atomic E-state index is 0.0303. The van der Waals surface area contributed by atoms with Gasteiger partial charge in [-0.1, -0.05) is 6.42 Å². The van der Waals surface area contributed by atoms with Crippen LogP contribution in [0.4, 0.5) is 0 Å². The molecule has 1 fully saturated rings. The van der Waals surface area contributed by atoms with Crippen molar-refractivity contribution in [3.8, 4) is 0 Å². The monoisotopic (exact) mass is 242 g/mol. The second kappa shape index (κ2) is 8.06. The topological polar surface area (TPSA) is 78.4 Å². The van der Waals surface area contributed by atoms with Gasteiger partial charge in [0.2, 0.25) is 5.91 Å². The van der Waals surface area contributed by atoms with Gasteiger partial charge in [0, 0.05) is 25.4 Å². The van der Waals surface area contributed by atoms with E-state index in [1.807, 2.05) is 0 Å². The molecule has 0 saturated carbocycles. The Labute approximate surface area is 102 Å². The Morgan fingerprint density at radius 2 is 2.12 bits per heavy atom. The van der Waals surface area contributed by atoms with E-state index < -0.39 is 5.97 Å². The number of hydrogen-bond donors (Lipinski definition) is 3. The second-order valence-electron chi connectivity index (χ2n) is 4.53. The van der Waals surface area contributed by atoms with E-state index in [-0.39, 0.29) is 12.3 Å². The molecule has 3 N–H and O–H groups in total. The van der Waals surface area contributed by atoms with E-state index in [0.29, 0.717) is 25.4 Å². The Morgan fingerprint density at radius 1 is 1.29 bits per heavy atom. The SMILES string of the molecule is O=C(O)CCCNC(=O)CCC1CCCCN1. The zero-order chi connectivity index (χ0) is 12.5. The average molecular weight is 242 g/mol. The summed E-state index contributed by atoms with van der Waals surface area (Å²) in [5.74, 6) is -0.784. The van der Waals surface area contributed by atoms with Crippen molar-refractivity contribution in [2.75, 3.05) is 13.1 Å². The predicted octanol–water partition coefficient (Wildman–Crippen LogP) is 0.890. The lowest BCUT2D eigenvalue weighted by Gasteiger charge is -2.23. The van der Waals surface area contributed by atoms with Crippen molar-refractivity contribution in [3.05, 3.63) is 0 Å². The van der Waals surface area contributed by atoms with Crippen LogP contribution in [-0.2, 0) is 9.59 Å². The molecule has 0 aliphatic carbocycles. The van der Waals surface area contributed by atoms with Crippen LogP contribution in [0.5, 0.6) is 0 Å². The molecule has 0 aromatic rings. The Morgan fingerprint density at radius 3 is 2.76 bits per heavy atom. The van der Waals surface area contributed by atoms with Crippen LogP contribution in [0.3, 0.4) is 0 Å². The van der Waals surface area contributed by atoms with Gasteiger partial charge in [0.15, 0.2) is 0 Å². The first-order chi connectivity index (χ1) is 8.18. The number of hydrogen-bond acceptors (Lipinski definition) is 3. The summed E-state index contributed by atoms with van der Waals surface area (Å²) in [6.45, 7) is 1.52. The molecule has 1 atom stereocenters. The largest absolute Gasteiger partial charge is 0.481 e. The van der Waals surface area contributed by atoms with E-state index in [1.54, 1.807) is 0 Å². The Kier molecular flexibility index (Phi) is 6.62. The number of rotatable bonds is 7. The maximum absolute atomic E-state index is 11.4. The van der Waals surface area contributed by atoms with Crippen LogP contribution in [0.2, 0.25) is 0 Å². The van der Waals surface area contributed by atoms with Crippen LogP contribution >= 0.6 is 0 Å². The normalized spacial score (nSPS) is 19.9. The molecule has 5 nitrogen and oxygen atoms in total. The minimum atomic E-state index is -0.814. The van der Waals surface area contributed by atoms with E-state index in [9.17, 15) is 9.59 Å². The van der Waals surface area contributed by atoms with Gasteiger partial charge in [-0.3, -0.25) is 9.59 Å². The summed E-state index contributed by atoms with van der Waals surface area (Å²) in [4.78, 5) is 21.7. The molecule has 1 saturated heterocycles. The average Bonchev–Trinajstić information content (AvgIpc) is 2.33. The van der Waals surface area contributed by atoms with Crippen LogP contribution in [-0.4, -0.2) is 36.1 Å². The number of carbonyl (C=O) groups excluding carboxylic acids is 1. The summed E-state index contributed by atoms with van der Waals surface area (Å²) < 4.78 is 0. The second-order valence-corrected chi connectivity index (χ2v) is 4.53. The highest BCUT2D eigenvalue weighted by Crippen LogP contribution is 2.11. The first kappa shape index (κ1) is 14.0. The van der Waals surface area contributed by atoms with Crippen LogP contribution in [0.25, 0.3) is 0 Å². The molecule has 1 aliphatic rings. The van der Waals surface area contributed by atoms with E-state index in [4.69, 9.17) is 5.11 Å². The molecule has 0 aromatic heterocycles. The fourth-order valence-corrected chi connectivity index (χ4v) is 2.03. The third-order valence-corrected chi connectivity index (χ3v) is 3.02. The molecule has 0 aromatic carbocycles. The molecule has 1 heterocycles. The summed E-state index contributed by atoms with van der Waals surface area (Å²) >= 11 is 0. The fourth-order valence-electron chi connectivity index (χ4n) is 2.03. The Hall–Kier alpha value is -1.10. The lowest BCUT2D eigenvalue weighted by molar-refractivity contribution is -0.137. The zero-order valence-electron chi connectivity index (χ0n) is 10.2. The number of carbonyl (C=O) groups is 2. The van der Waals surface area contributed by atoms with Crippen molar-refractivity contribution < 1.29 is 14.7 Å². The van der Waals surface area contributed by atoms with Crippen molar-refractivity contribution in [1.82, 2.24) is 10.6 Å². The molecule has 1 rings (SSSR count). The number of carboxylic acids is 1. The number of amides is 1. The highest BCUT2D eigenvalue weighted by molar-refractivity contribution is 5.75. The molecule has 17 heavy (non-hydrogen) atoms. The molecule has 0 bridgehead atoms. The van der Waals surface area contributed by atoms with Crippen molar-refractivity contribution in [2.24, 2.45) is 0 Å². The van der Waals surface area contributed by atoms with E-state index in [0.717, 1.165) is 19.4 Å². The van der Waals surface area contributed by atoms with E-state index >= 15 is 0 Å². The van der Waals surface area contributed by atoms with Gasteiger partial charge in [-0.25, -0.2) is 0 Å². The standard InChI is InChI=1S/C12H22N2O3/c15-11(14-9-3-5-12(16)17)7-6-10-4-1-2-8-13-10/h10,13H,1-9H2,(H,14,15)(H,16,17). The van der Waals surface area contributed by atoms with E-state index in [2.05, 4.69) is 10.6 Å². The lowest BCUT2D eigenvalue weighted by Crippen LogP contribution is -2.35. The molecule has 1 aliphatic heterocycles. The molecular weight excluding hydrogens is 220 g/mol. The molecule has 1 amide bonds. The minimum Gasteiger partial charge on any atom is -0.481 e. The summed E-state index contributed by atoms with van der Waals surface area (Å²) in [7, 11) is 0. The van der Waals surface area contributed by atoms with Gasteiger partial charge in [-0.2, -0.15) is 0 Å². The van der Waals surface area contributed by atoms with Crippen molar-refractivity contribution in [3.63, 3.8) is 0 Å². The zero-order valence-corrected chi connectivity index (χ0v) is 10.2. The van der Waals surface area contributed by atoms with E-state index in [1.165, 1.54) is 12.8 Å². The number of nitrogens with one attached hydrogen (secondary N) is 2. The van der Waals surface area contributed by atoms with Crippen LogP contribution < -0.4 is 10.6 Å². The number of aliphatic carboxylic acids is 1. The summed E-state index contributed by atoms with van der Waals surface area (Å²) in [6, 6.07) is 0.480. The van der Waals surface area contributed by atoms with Crippen molar-refractivity contribution >= 4 is 11.9 Å². The molecule has 0 spiro atoms. The smallest absolute Gasteiger partial charge is 0.303 e. The fraction of sp³-hybridized carbons (Fsp3) is 0.833. The first-order valence-electron chi connectivity index (χ1n) is 6.40. The van der Waals surface area contributed by atoms with Gasteiger partial charge < -0.3 is 15.7 Å². The first-order valence-corrected chi connectivity index (χ1v) is 6.40. The highest BCUT2D eigenvalue weighted by atomic mass is 16.4. The maximum Gasteiger partial charge on any atom is 0.303 e. The Balaban J connectivity index is 1.98. The van der Waals surface area contributed by atoms with Gasteiger partial charge in [-0.15, -0.1) is 0 Å². The van der Waals surface area contributed by atoms with Crippen LogP contribution in [0.1, 0.15) is 44.9 Å². The van der Waals surface area contributed by atoms with Crippen molar-refractivity contribution in [1.29, 1.82) is 0 Å². The quantitative estimate of drug-likeness (QED) is 0.579. The van der Waals surface area contributed by atoms with Gasteiger partial charge in [-0.05, 0) is 32.2 Å².